The Bertz CT molecular complexity index is 655. The van der Waals surface area contributed by atoms with Gasteiger partial charge in [-0.2, -0.15) is 0 Å². The average Bonchev–Trinajstić information content (AvgIpc) is 2.51. The summed E-state index contributed by atoms with van der Waals surface area (Å²) in [5, 5.41) is 14.1. The normalized spacial score (nSPS) is 20.6. The van der Waals surface area contributed by atoms with Crippen LogP contribution in [-0.2, 0) is 6.42 Å². The average molecular weight is 283 g/mol. The summed E-state index contributed by atoms with van der Waals surface area (Å²) in [5.74, 6) is 1.17. The Kier molecular flexibility index (Phi) is 3.56. The number of rotatable bonds is 3. The molecule has 1 heterocycles. The van der Waals surface area contributed by atoms with Crippen LogP contribution >= 0.6 is 0 Å². The zero-order valence-electron chi connectivity index (χ0n) is 11.8. The fraction of sp³-hybridized carbons (Fsp3) is 0.312. The first-order chi connectivity index (χ1) is 10.1. The fourth-order valence-corrected chi connectivity index (χ4v) is 2.88. The molecule has 108 valence electrons. The van der Waals surface area contributed by atoms with E-state index in [1.807, 2.05) is 0 Å². The first-order valence-corrected chi connectivity index (χ1v) is 7.10. The predicted molar refractivity (Wildman–Crippen MR) is 81.2 cm³/mol. The summed E-state index contributed by atoms with van der Waals surface area (Å²) in [7, 11) is 0. The summed E-state index contributed by atoms with van der Waals surface area (Å²) in [6.07, 6.45) is 3.52. The molecule has 21 heavy (non-hydrogen) atoms. The van der Waals surface area contributed by atoms with Gasteiger partial charge >= 0.3 is 0 Å². The van der Waals surface area contributed by atoms with Crippen molar-refractivity contribution in [3.05, 3.63) is 63.8 Å². The summed E-state index contributed by atoms with van der Waals surface area (Å²) >= 11 is 0. The third kappa shape index (κ3) is 2.72. The van der Waals surface area contributed by atoms with Gasteiger partial charge in [0.15, 0.2) is 0 Å². The van der Waals surface area contributed by atoms with Crippen LogP contribution in [0.5, 0.6) is 0 Å². The molecule has 0 saturated carbocycles. The van der Waals surface area contributed by atoms with Crippen LogP contribution in [0.25, 0.3) is 0 Å². The van der Waals surface area contributed by atoms with Crippen molar-refractivity contribution in [1.82, 2.24) is 4.98 Å². The summed E-state index contributed by atoms with van der Waals surface area (Å²) in [6.45, 7) is 2.22. The zero-order chi connectivity index (χ0) is 14.8. The standard InChI is InChI=1S/C16H17N3O2/c1-11-6-7-12-4-2-3-5-14(12)16(11)18-15-9-8-13(10-17-15)19(20)21/h2-5,8-11,16H,6-7H2,1H3,(H,17,18). The highest BCUT2D eigenvalue weighted by molar-refractivity contribution is 5.45. The first kappa shape index (κ1) is 13.5. The molecule has 5 heteroatoms. The van der Waals surface area contributed by atoms with Crippen molar-refractivity contribution < 1.29 is 4.92 Å². The Hall–Kier alpha value is -2.43. The third-order valence-electron chi connectivity index (χ3n) is 4.09. The molecule has 1 aliphatic carbocycles. The Morgan fingerprint density at radius 2 is 2.10 bits per heavy atom. The molecule has 5 nitrogen and oxygen atoms in total. The maximum absolute atomic E-state index is 10.7. The first-order valence-electron chi connectivity index (χ1n) is 7.10. The van der Waals surface area contributed by atoms with Gasteiger partial charge in [-0.05, 0) is 36.0 Å². The quantitative estimate of drug-likeness (QED) is 0.688. The summed E-state index contributed by atoms with van der Waals surface area (Å²) in [5.41, 5.74) is 2.68. The molecule has 2 unspecified atom stereocenters. The number of hydrogen-bond acceptors (Lipinski definition) is 4. The highest BCUT2D eigenvalue weighted by atomic mass is 16.6. The van der Waals surface area contributed by atoms with Gasteiger partial charge in [0.25, 0.3) is 5.69 Å². The van der Waals surface area contributed by atoms with Gasteiger partial charge in [-0.1, -0.05) is 31.2 Å². The minimum absolute atomic E-state index is 0.0117. The van der Waals surface area contributed by atoms with E-state index >= 15 is 0 Å². The second kappa shape index (κ2) is 5.52. The van der Waals surface area contributed by atoms with Gasteiger partial charge in [0, 0.05) is 6.07 Å². The lowest BCUT2D eigenvalue weighted by Gasteiger charge is -2.32. The Balaban J connectivity index is 1.85. The predicted octanol–water partition coefficient (Wildman–Crippen LogP) is 3.73. The molecule has 1 aromatic heterocycles. The summed E-state index contributed by atoms with van der Waals surface area (Å²) in [4.78, 5) is 14.4. The molecule has 1 aliphatic rings. The molecule has 2 atom stereocenters. The number of aromatic nitrogens is 1. The smallest absolute Gasteiger partial charge is 0.287 e. The second-order valence-electron chi connectivity index (χ2n) is 5.50. The van der Waals surface area contributed by atoms with Crippen LogP contribution in [0, 0.1) is 16.0 Å². The van der Waals surface area contributed by atoms with E-state index in [2.05, 4.69) is 41.5 Å². The van der Waals surface area contributed by atoms with Crippen molar-refractivity contribution in [3.8, 4) is 0 Å². The molecule has 0 spiro atoms. The fourth-order valence-electron chi connectivity index (χ4n) is 2.88. The lowest BCUT2D eigenvalue weighted by molar-refractivity contribution is -0.385. The Morgan fingerprint density at radius 3 is 2.81 bits per heavy atom. The highest BCUT2D eigenvalue weighted by Crippen LogP contribution is 2.36. The number of hydrogen-bond donors (Lipinski definition) is 1. The van der Waals surface area contributed by atoms with Gasteiger partial charge in [-0.15, -0.1) is 0 Å². The molecular formula is C16H17N3O2. The molecule has 1 aromatic carbocycles. The molecule has 0 saturated heterocycles. The molecule has 0 bridgehead atoms. The minimum Gasteiger partial charge on any atom is -0.363 e. The molecule has 0 amide bonds. The van der Waals surface area contributed by atoms with E-state index in [1.54, 1.807) is 6.07 Å². The van der Waals surface area contributed by atoms with Gasteiger partial charge < -0.3 is 5.32 Å². The van der Waals surface area contributed by atoms with Crippen LogP contribution in [0.3, 0.4) is 0 Å². The topological polar surface area (TPSA) is 68.1 Å². The largest absolute Gasteiger partial charge is 0.363 e. The number of aryl methyl sites for hydroxylation is 1. The number of benzene rings is 1. The summed E-state index contributed by atoms with van der Waals surface area (Å²) in [6, 6.07) is 11.8. The molecule has 2 aromatic rings. The van der Waals surface area contributed by atoms with Crippen molar-refractivity contribution in [2.45, 2.75) is 25.8 Å². The van der Waals surface area contributed by atoms with Crippen molar-refractivity contribution >= 4 is 11.5 Å². The van der Waals surface area contributed by atoms with E-state index in [1.165, 1.54) is 23.4 Å². The maximum atomic E-state index is 10.7. The van der Waals surface area contributed by atoms with E-state index in [0.717, 1.165) is 12.8 Å². The van der Waals surface area contributed by atoms with Gasteiger partial charge in [0.1, 0.15) is 12.0 Å². The third-order valence-corrected chi connectivity index (χ3v) is 4.09. The van der Waals surface area contributed by atoms with Crippen molar-refractivity contribution in [2.75, 3.05) is 5.32 Å². The van der Waals surface area contributed by atoms with E-state index in [4.69, 9.17) is 0 Å². The SMILES string of the molecule is CC1CCc2ccccc2C1Nc1ccc([N+](=O)[O-])cn1. The molecule has 0 fully saturated rings. The highest BCUT2D eigenvalue weighted by Gasteiger charge is 2.26. The van der Waals surface area contributed by atoms with E-state index in [-0.39, 0.29) is 11.7 Å². The van der Waals surface area contributed by atoms with Crippen LogP contribution in [0.15, 0.2) is 42.6 Å². The maximum Gasteiger partial charge on any atom is 0.287 e. The van der Waals surface area contributed by atoms with Crippen LogP contribution < -0.4 is 5.32 Å². The van der Waals surface area contributed by atoms with Crippen LogP contribution in [0.1, 0.15) is 30.5 Å². The number of nitrogens with one attached hydrogen (secondary N) is 1. The number of pyridine rings is 1. The lowest BCUT2D eigenvalue weighted by Crippen LogP contribution is -2.25. The van der Waals surface area contributed by atoms with Crippen LogP contribution in [0.2, 0.25) is 0 Å². The van der Waals surface area contributed by atoms with Crippen LogP contribution in [0.4, 0.5) is 11.5 Å². The van der Waals surface area contributed by atoms with Crippen molar-refractivity contribution in [1.29, 1.82) is 0 Å². The van der Waals surface area contributed by atoms with Gasteiger partial charge in [-0.3, -0.25) is 10.1 Å². The van der Waals surface area contributed by atoms with Gasteiger partial charge in [0.05, 0.1) is 11.0 Å². The molecule has 1 N–H and O–H groups in total. The minimum atomic E-state index is -0.435. The lowest BCUT2D eigenvalue weighted by atomic mass is 9.81. The van der Waals surface area contributed by atoms with Gasteiger partial charge in [0.2, 0.25) is 0 Å². The number of nitro groups is 1. The molecular weight excluding hydrogens is 266 g/mol. The monoisotopic (exact) mass is 283 g/mol. The van der Waals surface area contributed by atoms with Crippen molar-refractivity contribution in [2.24, 2.45) is 5.92 Å². The Morgan fingerprint density at radius 1 is 1.29 bits per heavy atom. The van der Waals surface area contributed by atoms with E-state index < -0.39 is 4.92 Å². The number of fused-ring (bicyclic) bond motifs is 1. The Labute approximate surface area is 123 Å². The second-order valence-corrected chi connectivity index (χ2v) is 5.50. The van der Waals surface area contributed by atoms with Crippen molar-refractivity contribution in [3.63, 3.8) is 0 Å². The molecule has 0 radical (unpaired) electrons. The van der Waals surface area contributed by atoms with E-state index in [0.29, 0.717) is 11.7 Å². The van der Waals surface area contributed by atoms with Crippen LogP contribution in [-0.4, -0.2) is 9.91 Å². The zero-order valence-corrected chi connectivity index (χ0v) is 11.8. The number of anilines is 1. The van der Waals surface area contributed by atoms with Gasteiger partial charge in [-0.25, -0.2) is 4.98 Å². The molecule has 3 rings (SSSR count). The molecule has 0 aliphatic heterocycles. The number of nitrogens with zero attached hydrogens (tertiary/aromatic N) is 2. The van der Waals surface area contributed by atoms with E-state index in [9.17, 15) is 10.1 Å². The summed E-state index contributed by atoms with van der Waals surface area (Å²) < 4.78 is 0.